The molecule has 1 atom stereocenters. The standard InChI is InChI=1S/C25H29ClN6O6S/c1-29-6-5-20-21(15-29)38-23(28-20)24(33)32-9-8-31(14-18(32)4-7-30-10-11-37-25(30)34)39(35,36)22-13-16-12-17(26)2-3-19(16)27-22/h2-3,12-13,18,27H,4-11,14-15H2,1H3. The maximum absolute atomic E-state index is 13.6. The molecule has 2 fully saturated rings. The van der Waals surface area contributed by atoms with Gasteiger partial charge in [-0.3, -0.25) is 9.69 Å². The predicted molar refractivity (Wildman–Crippen MR) is 141 cm³/mol. The highest BCUT2D eigenvalue weighted by molar-refractivity contribution is 7.89. The Morgan fingerprint density at radius 1 is 1.21 bits per heavy atom. The lowest BCUT2D eigenvalue weighted by Crippen LogP contribution is -2.57. The molecule has 0 radical (unpaired) electrons. The van der Waals surface area contributed by atoms with Gasteiger partial charge in [-0.2, -0.15) is 4.31 Å². The van der Waals surface area contributed by atoms with Gasteiger partial charge in [0, 0.05) is 61.1 Å². The first-order valence-corrected chi connectivity index (χ1v) is 14.7. The molecule has 0 spiro atoms. The highest BCUT2D eigenvalue weighted by Crippen LogP contribution is 2.28. The molecule has 1 N–H and O–H groups in total. The average Bonchev–Trinajstić information content (AvgIpc) is 3.64. The summed E-state index contributed by atoms with van der Waals surface area (Å²) in [7, 11) is -1.91. The van der Waals surface area contributed by atoms with Crippen LogP contribution in [-0.4, -0.2) is 108 Å². The number of amides is 2. The lowest BCUT2D eigenvalue weighted by molar-refractivity contribution is 0.0497. The van der Waals surface area contributed by atoms with Crippen molar-refractivity contribution in [2.24, 2.45) is 0 Å². The van der Waals surface area contributed by atoms with Crippen LogP contribution in [-0.2, 0) is 27.7 Å². The quantitative estimate of drug-likeness (QED) is 0.472. The Hall–Kier alpha value is -3.13. The van der Waals surface area contributed by atoms with Gasteiger partial charge in [0.05, 0.1) is 18.8 Å². The number of oxazole rings is 1. The van der Waals surface area contributed by atoms with Crippen molar-refractivity contribution in [1.29, 1.82) is 0 Å². The monoisotopic (exact) mass is 576 g/mol. The van der Waals surface area contributed by atoms with Crippen molar-refractivity contribution in [3.63, 3.8) is 0 Å². The molecule has 6 rings (SSSR count). The van der Waals surface area contributed by atoms with Crippen LogP contribution in [0.5, 0.6) is 0 Å². The molecule has 1 aromatic carbocycles. The molecule has 39 heavy (non-hydrogen) atoms. The number of ether oxygens (including phenoxy) is 1. The molecule has 0 saturated carbocycles. The van der Waals surface area contributed by atoms with E-state index in [0.717, 1.165) is 12.2 Å². The Labute approximate surface area is 230 Å². The molecule has 2 saturated heterocycles. The number of rotatable bonds is 6. The fourth-order valence-corrected chi connectivity index (χ4v) is 7.05. The number of carbonyl (C=O) groups is 2. The van der Waals surface area contributed by atoms with E-state index in [1.54, 1.807) is 34.1 Å². The van der Waals surface area contributed by atoms with E-state index in [1.165, 1.54) is 4.31 Å². The minimum Gasteiger partial charge on any atom is -0.448 e. The number of hydrogen-bond donors (Lipinski definition) is 1. The third-order valence-corrected chi connectivity index (χ3v) is 9.59. The van der Waals surface area contributed by atoms with Gasteiger partial charge in [-0.1, -0.05) is 11.6 Å². The molecule has 0 bridgehead atoms. The summed E-state index contributed by atoms with van der Waals surface area (Å²) < 4.78 is 39.6. The molecule has 1 unspecified atom stereocenters. The summed E-state index contributed by atoms with van der Waals surface area (Å²) >= 11 is 6.08. The van der Waals surface area contributed by atoms with E-state index in [1.807, 2.05) is 7.05 Å². The number of aromatic nitrogens is 2. The lowest BCUT2D eigenvalue weighted by Gasteiger charge is -2.40. The molecule has 14 heteroatoms. The average molecular weight is 577 g/mol. The van der Waals surface area contributed by atoms with Gasteiger partial charge in [-0.15, -0.1) is 0 Å². The van der Waals surface area contributed by atoms with Crippen LogP contribution in [0.25, 0.3) is 10.9 Å². The minimum absolute atomic E-state index is 0.0182. The van der Waals surface area contributed by atoms with Crippen LogP contribution in [0.15, 0.2) is 33.7 Å². The van der Waals surface area contributed by atoms with E-state index in [4.69, 9.17) is 20.8 Å². The Kier molecular flexibility index (Phi) is 6.78. The number of benzene rings is 1. The van der Waals surface area contributed by atoms with Gasteiger partial charge in [0.1, 0.15) is 17.4 Å². The van der Waals surface area contributed by atoms with Crippen molar-refractivity contribution in [3.8, 4) is 0 Å². The first-order valence-electron chi connectivity index (χ1n) is 12.9. The molecule has 0 aliphatic carbocycles. The molecular formula is C25H29ClN6O6S. The first-order chi connectivity index (χ1) is 18.7. The molecular weight excluding hydrogens is 548 g/mol. The molecule has 208 valence electrons. The topological polar surface area (TPSA) is 132 Å². The number of halogens is 1. The predicted octanol–water partition coefficient (Wildman–Crippen LogP) is 2.15. The summed E-state index contributed by atoms with van der Waals surface area (Å²) in [5.41, 5.74) is 1.45. The summed E-state index contributed by atoms with van der Waals surface area (Å²) in [4.78, 5) is 38.4. The normalized spacial score (nSPS) is 21.0. The van der Waals surface area contributed by atoms with Crippen molar-refractivity contribution < 1.29 is 27.2 Å². The van der Waals surface area contributed by atoms with E-state index in [2.05, 4.69) is 14.9 Å². The van der Waals surface area contributed by atoms with Crippen LogP contribution >= 0.6 is 11.6 Å². The van der Waals surface area contributed by atoms with Crippen molar-refractivity contribution in [1.82, 2.24) is 29.0 Å². The summed E-state index contributed by atoms with van der Waals surface area (Å²) in [5, 5.41) is 1.27. The summed E-state index contributed by atoms with van der Waals surface area (Å²) in [6.07, 6.45) is 0.665. The number of carbonyl (C=O) groups excluding carboxylic acids is 2. The third-order valence-electron chi connectivity index (χ3n) is 7.56. The van der Waals surface area contributed by atoms with Gasteiger partial charge in [-0.25, -0.2) is 18.2 Å². The molecule has 5 heterocycles. The van der Waals surface area contributed by atoms with Crippen LogP contribution in [0.1, 0.15) is 28.6 Å². The van der Waals surface area contributed by atoms with Gasteiger partial charge >= 0.3 is 12.0 Å². The Bertz CT molecular complexity index is 1540. The number of nitrogens with one attached hydrogen (secondary N) is 1. The van der Waals surface area contributed by atoms with Crippen LogP contribution in [0, 0.1) is 0 Å². The van der Waals surface area contributed by atoms with E-state index >= 15 is 0 Å². The first kappa shape index (κ1) is 26.1. The number of nitrogens with zero attached hydrogens (tertiary/aromatic N) is 5. The van der Waals surface area contributed by atoms with Crippen LogP contribution in [0.4, 0.5) is 4.79 Å². The Morgan fingerprint density at radius 3 is 2.85 bits per heavy atom. The highest BCUT2D eigenvalue weighted by Gasteiger charge is 2.39. The van der Waals surface area contributed by atoms with Gasteiger partial charge in [-0.05, 0) is 37.7 Å². The van der Waals surface area contributed by atoms with Crippen LogP contribution < -0.4 is 0 Å². The van der Waals surface area contributed by atoms with E-state index in [9.17, 15) is 18.0 Å². The number of fused-ring (bicyclic) bond motifs is 2. The van der Waals surface area contributed by atoms with Crippen LogP contribution in [0.3, 0.4) is 0 Å². The molecule has 3 aliphatic heterocycles. The molecule has 3 aliphatic rings. The van der Waals surface area contributed by atoms with E-state index < -0.39 is 22.2 Å². The molecule has 2 amide bonds. The Balaban J connectivity index is 1.25. The van der Waals surface area contributed by atoms with Gasteiger partial charge in [0.25, 0.3) is 15.9 Å². The van der Waals surface area contributed by atoms with E-state index in [0.29, 0.717) is 60.8 Å². The largest absolute Gasteiger partial charge is 0.448 e. The SMILES string of the molecule is CN1CCc2nc(C(=O)N3CCN(S(=O)(=O)c4cc5cc(Cl)ccc5[nH]4)CC3CCN3CCOC3=O)oc2C1. The number of cyclic esters (lactones) is 1. The zero-order valence-corrected chi connectivity index (χ0v) is 23.0. The number of hydrogen-bond acceptors (Lipinski definition) is 8. The number of aromatic amines is 1. The maximum Gasteiger partial charge on any atom is 0.409 e. The second-order valence-electron chi connectivity index (χ2n) is 10.1. The summed E-state index contributed by atoms with van der Waals surface area (Å²) in [5.74, 6) is 0.326. The van der Waals surface area contributed by atoms with Crippen molar-refractivity contribution >= 4 is 44.5 Å². The second-order valence-corrected chi connectivity index (χ2v) is 12.5. The number of sulfonamides is 1. The van der Waals surface area contributed by atoms with Crippen molar-refractivity contribution in [2.45, 2.75) is 30.5 Å². The van der Waals surface area contributed by atoms with Gasteiger partial charge in [0.2, 0.25) is 0 Å². The van der Waals surface area contributed by atoms with Gasteiger partial charge < -0.3 is 23.9 Å². The highest BCUT2D eigenvalue weighted by atomic mass is 35.5. The van der Waals surface area contributed by atoms with Crippen molar-refractivity contribution in [3.05, 3.63) is 46.6 Å². The molecule has 3 aromatic rings. The number of piperazine rings is 1. The molecule has 2 aromatic heterocycles. The zero-order chi connectivity index (χ0) is 27.3. The maximum atomic E-state index is 13.6. The lowest BCUT2D eigenvalue weighted by atomic mass is 10.1. The summed E-state index contributed by atoms with van der Waals surface area (Å²) in [6.45, 7) is 2.85. The van der Waals surface area contributed by atoms with Gasteiger partial charge in [0.15, 0.2) is 0 Å². The second kappa shape index (κ2) is 10.1. The Morgan fingerprint density at radius 2 is 2.05 bits per heavy atom. The minimum atomic E-state index is -3.89. The smallest absolute Gasteiger partial charge is 0.409 e. The van der Waals surface area contributed by atoms with Crippen molar-refractivity contribution in [2.75, 3.05) is 52.9 Å². The molecule has 12 nitrogen and oxygen atoms in total. The fourth-order valence-electron chi connectivity index (χ4n) is 5.39. The fraction of sp³-hybridized carbons (Fsp3) is 0.480. The number of H-pyrrole nitrogens is 1. The number of likely N-dealkylation sites (N-methyl/N-ethyl adjacent to an activating group) is 1. The van der Waals surface area contributed by atoms with E-state index in [-0.39, 0.29) is 36.5 Å². The summed E-state index contributed by atoms with van der Waals surface area (Å²) in [6, 6.07) is 6.20. The zero-order valence-electron chi connectivity index (χ0n) is 21.4. The third kappa shape index (κ3) is 4.99. The van der Waals surface area contributed by atoms with Crippen LogP contribution in [0.2, 0.25) is 5.02 Å².